The quantitative estimate of drug-likeness (QED) is 0.309. The smallest absolute Gasteiger partial charge is 0.245 e. The van der Waals surface area contributed by atoms with Crippen LogP contribution in [0.1, 0.15) is 78.0 Å². The van der Waals surface area contributed by atoms with E-state index >= 15 is 0 Å². The minimum absolute atomic E-state index is 0.241. The molecule has 33 heavy (non-hydrogen) atoms. The zero-order valence-corrected chi connectivity index (χ0v) is 21.1. The molecule has 0 aliphatic heterocycles. The van der Waals surface area contributed by atoms with Gasteiger partial charge >= 0.3 is 0 Å². The number of carbonyl (C=O) groups excluding carboxylic acids is 1. The molecular weight excluding hydrogens is 454 g/mol. The Balaban J connectivity index is 1.94. The first-order chi connectivity index (χ1) is 15.7. The number of halogens is 2. The summed E-state index contributed by atoms with van der Waals surface area (Å²) in [6.07, 6.45) is 6.88. The summed E-state index contributed by atoms with van der Waals surface area (Å²) < 4.78 is 27.1. The molecule has 2 aliphatic carbocycles. The van der Waals surface area contributed by atoms with Crippen LogP contribution in [0.15, 0.2) is 41.1 Å². The summed E-state index contributed by atoms with van der Waals surface area (Å²) in [4.78, 5) is 15.4. The maximum Gasteiger partial charge on any atom is 0.245 e. The third kappa shape index (κ3) is 5.26. The van der Waals surface area contributed by atoms with Gasteiger partial charge in [-0.25, -0.2) is 8.78 Å². The normalized spacial score (nSPS) is 16.7. The zero-order chi connectivity index (χ0) is 23.8. The van der Waals surface area contributed by atoms with E-state index in [-0.39, 0.29) is 18.0 Å². The highest BCUT2D eigenvalue weighted by molar-refractivity contribution is 7.96. The summed E-state index contributed by atoms with van der Waals surface area (Å²) in [6, 6.07) is 8.40. The van der Waals surface area contributed by atoms with E-state index in [2.05, 4.69) is 55.6 Å². The van der Waals surface area contributed by atoms with Crippen LogP contribution < -0.4 is 0 Å². The van der Waals surface area contributed by atoms with Crippen molar-refractivity contribution in [1.29, 1.82) is 0 Å². The van der Waals surface area contributed by atoms with Gasteiger partial charge in [-0.05, 0) is 93.2 Å². The lowest BCUT2D eigenvalue weighted by atomic mass is 9.79. The first-order valence-electron chi connectivity index (χ1n) is 11.7. The number of rotatable bonds is 7. The monoisotopic (exact) mass is 484 g/mol. The lowest BCUT2D eigenvalue weighted by molar-refractivity contribution is -0.113. The Morgan fingerprint density at radius 2 is 1.88 bits per heavy atom. The molecule has 0 saturated carbocycles. The predicted molar refractivity (Wildman–Crippen MR) is 137 cm³/mol. The van der Waals surface area contributed by atoms with Crippen LogP contribution in [0.3, 0.4) is 0 Å². The van der Waals surface area contributed by atoms with Crippen molar-refractivity contribution in [1.82, 2.24) is 0 Å². The van der Waals surface area contributed by atoms with Gasteiger partial charge in [0, 0.05) is 21.7 Å². The van der Waals surface area contributed by atoms with Crippen LogP contribution in [0.25, 0.3) is 11.6 Å². The molecule has 1 aromatic heterocycles. The molecule has 4 rings (SSSR count). The van der Waals surface area contributed by atoms with Gasteiger partial charge in [0.1, 0.15) is 0 Å². The Kier molecular flexibility index (Phi) is 7.14. The minimum atomic E-state index is -2.74. The molecule has 1 unspecified atom stereocenters. The summed E-state index contributed by atoms with van der Waals surface area (Å²) in [7, 11) is 0. The number of thiophene rings is 1. The van der Waals surface area contributed by atoms with Crippen molar-refractivity contribution >= 4 is 40.7 Å². The van der Waals surface area contributed by atoms with Crippen LogP contribution in [0.5, 0.6) is 0 Å². The van der Waals surface area contributed by atoms with Crippen LogP contribution >= 0.6 is 24.0 Å². The minimum Gasteiger partial charge on any atom is -0.287 e. The Morgan fingerprint density at radius 1 is 1.18 bits per heavy atom. The number of allylic oxidation sites excluding steroid dienone is 2. The van der Waals surface area contributed by atoms with Crippen LogP contribution in [-0.4, -0.2) is 11.0 Å². The Labute approximate surface area is 204 Å². The molecule has 1 atom stereocenters. The number of hydrogen-bond donors (Lipinski definition) is 1. The number of benzene rings is 1. The average molecular weight is 485 g/mol. The molecule has 0 fully saturated rings. The van der Waals surface area contributed by atoms with E-state index in [1.165, 1.54) is 32.9 Å². The molecule has 1 aromatic carbocycles. The second-order valence-electron chi connectivity index (χ2n) is 9.37. The van der Waals surface area contributed by atoms with Gasteiger partial charge in [0.2, 0.25) is 5.92 Å². The van der Waals surface area contributed by atoms with Crippen molar-refractivity contribution in [2.24, 2.45) is 5.92 Å². The van der Waals surface area contributed by atoms with Gasteiger partial charge in [0.05, 0.1) is 5.92 Å². The maximum atomic E-state index is 13.5. The van der Waals surface area contributed by atoms with Gasteiger partial charge < -0.3 is 0 Å². The van der Waals surface area contributed by atoms with Gasteiger partial charge in [-0.1, -0.05) is 29.8 Å². The van der Waals surface area contributed by atoms with Gasteiger partial charge in [-0.15, -0.1) is 29.7 Å². The summed E-state index contributed by atoms with van der Waals surface area (Å²) >= 11 is 6.07. The van der Waals surface area contributed by atoms with Crippen molar-refractivity contribution in [3.63, 3.8) is 0 Å². The predicted octanol–water partition coefficient (Wildman–Crippen LogP) is 8.21. The number of thiol groups is 1. The second-order valence-corrected chi connectivity index (χ2v) is 10.9. The SMILES string of the molecule is CC1=C=Cc2sc3c(c2C(c2ccc(C)cc2)=C1C(CCCC(C)(F)F)C(=O)S)CCCC3. The molecule has 5 heteroatoms. The first kappa shape index (κ1) is 24.2. The highest BCUT2D eigenvalue weighted by Gasteiger charge is 2.32. The Bertz CT molecular complexity index is 1160. The molecular formula is C28H30F2OS2. The number of carbonyl (C=O) groups is 1. The van der Waals surface area contributed by atoms with Crippen LogP contribution in [0.4, 0.5) is 8.78 Å². The highest BCUT2D eigenvalue weighted by Crippen LogP contribution is 2.47. The molecule has 174 valence electrons. The summed E-state index contributed by atoms with van der Waals surface area (Å²) in [6.45, 7) is 4.97. The van der Waals surface area contributed by atoms with E-state index < -0.39 is 11.8 Å². The molecule has 2 aromatic rings. The first-order valence-corrected chi connectivity index (χ1v) is 12.9. The second kappa shape index (κ2) is 9.74. The van der Waals surface area contributed by atoms with E-state index in [0.29, 0.717) is 6.42 Å². The number of hydrogen-bond acceptors (Lipinski definition) is 2. The van der Waals surface area contributed by atoms with E-state index in [1.54, 1.807) is 0 Å². The lowest BCUT2D eigenvalue weighted by Crippen LogP contribution is -2.17. The van der Waals surface area contributed by atoms with Crippen LogP contribution in [-0.2, 0) is 17.6 Å². The standard InChI is InChI=1S/C28H30F2OS2/c1-17-10-13-19(14-11-17)25-24(21(27(31)32)8-6-16-28(3,29)30)18(2)12-15-23-26(25)20-7-4-5-9-22(20)33-23/h10-11,13-15,21H,4-9,16H2,1-3H3,(H,31,32). The van der Waals surface area contributed by atoms with E-state index in [0.717, 1.165) is 48.5 Å². The Hall–Kier alpha value is -1.94. The zero-order valence-electron chi connectivity index (χ0n) is 19.4. The average Bonchev–Trinajstić information content (AvgIpc) is 3.05. The topological polar surface area (TPSA) is 17.1 Å². The molecule has 0 radical (unpaired) electrons. The molecule has 2 aliphatic rings. The van der Waals surface area contributed by atoms with Crippen molar-refractivity contribution < 1.29 is 13.6 Å². The van der Waals surface area contributed by atoms with Gasteiger partial charge in [-0.2, -0.15) is 0 Å². The van der Waals surface area contributed by atoms with E-state index in [9.17, 15) is 13.6 Å². The van der Waals surface area contributed by atoms with Gasteiger partial charge in [0.25, 0.3) is 0 Å². The maximum absolute atomic E-state index is 13.5. The van der Waals surface area contributed by atoms with Crippen molar-refractivity contribution in [2.45, 2.75) is 71.6 Å². The molecule has 0 spiro atoms. The van der Waals surface area contributed by atoms with Crippen molar-refractivity contribution in [2.75, 3.05) is 0 Å². The van der Waals surface area contributed by atoms with Crippen LogP contribution in [0, 0.1) is 12.8 Å². The number of aryl methyl sites for hydroxylation is 2. The number of alkyl halides is 2. The van der Waals surface area contributed by atoms with Crippen molar-refractivity contribution in [3.8, 4) is 0 Å². The number of fused-ring (bicyclic) bond motifs is 3. The fraction of sp³-hybridized carbons (Fsp3) is 0.429. The van der Waals surface area contributed by atoms with Gasteiger partial charge in [0.15, 0.2) is 5.12 Å². The molecule has 0 amide bonds. The molecule has 1 heterocycles. The molecule has 0 saturated heterocycles. The third-order valence-corrected chi connectivity index (χ3v) is 8.19. The van der Waals surface area contributed by atoms with Gasteiger partial charge in [-0.3, -0.25) is 4.79 Å². The largest absolute Gasteiger partial charge is 0.287 e. The summed E-state index contributed by atoms with van der Waals surface area (Å²) in [5.41, 5.74) is 11.1. The fourth-order valence-corrected chi connectivity index (χ4v) is 6.54. The lowest BCUT2D eigenvalue weighted by Gasteiger charge is -2.24. The highest BCUT2D eigenvalue weighted by atomic mass is 32.1. The Morgan fingerprint density at radius 3 is 2.55 bits per heavy atom. The molecule has 0 N–H and O–H groups in total. The van der Waals surface area contributed by atoms with Crippen LogP contribution in [0.2, 0.25) is 0 Å². The van der Waals surface area contributed by atoms with E-state index in [1.807, 2.05) is 18.3 Å². The van der Waals surface area contributed by atoms with Crippen molar-refractivity contribution in [3.05, 3.63) is 73.2 Å². The third-order valence-electron chi connectivity index (χ3n) is 6.64. The summed E-state index contributed by atoms with van der Waals surface area (Å²) in [5, 5.41) is -0.275. The molecule has 1 nitrogen and oxygen atoms in total. The molecule has 0 bridgehead atoms. The summed E-state index contributed by atoms with van der Waals surface area (Å²) in [5.74, 6) is -3.30. The van der Waals surface area contributed by atoms with E-state index in [4.69, 9.17) is 0 Å². The fourth-order valence-electron chi connectivity index (χ4n) is 5.00.